The molecule has 0 N–H and O–H groups in total. The molecular weight excluding hydrogens is 256 g/mol. The van der Waals surface area contributed by atoms with Crippen LogP contribution in [0.4, 0.5) is 0 Å². The van der Waals surface area contributed by atoms with Gasteiger partial charge in [-0.25, -0.2) is 0 Å². The molecule has 0 unspecified atom stereocenters. The van der Waals surface area contributed by atoms with Crippen molar-refractivity contribution in [3.63, 3.8) is 0 Å². The third-order valence-corrected chi connectivity index (χ3v) is 3.34. The first kappa shape index (κ1) is 15.0. The second-order valence-corrected chi connectivity index (χ2v) is 4.74. The van der Waals surface area contributed by atoms with E-state index in [2.05, 4.69) is 12.1 Å². The molecule has 0 radical (unpaired) electrons. The molecule has 1 fully saturated rings. The molecule has 2 rings (SSSR count). The van der Waals surface area contributed by atoms with Crippen LogP contribution in [0.5, 0.6) is 0 Å². The van der Waals surface area contributed by atoms with E-state index in [0.29, 0.717) is 6.61 Å². The number of hydrogen-bond donors (Lipinski definition) is 0. The zero-order valence-corrected chi connectivity index (χ0v) is 12.0. The summed E-state index contributed by atoms with van der Waals surface area (Å²) in [5.41, 5.74) is 1.16. The third kappa shape index (κ3) is 4.34. The summed E-state index contributed by atoms with van der Waals surface area (Å²) in [6, 6.07) is 10.1. The molecule has 1 saturated heterocycles. The molecule has 0 saturated carbocycles. The van der Waals surface area contributed by atoms with Crippen LogP contribution in [0.15, 0.2) is 42.7 Å². The highest BCUT2D eigenvalue weighted by Gasteiger charge is 2.30. The lowest BCUT2D eigenvalue weighted by molar-refractivity contribution is -0.209. The van der Waals surface area contributed by atoms with Crippen molar-refractivity contribution < 1.29 is 18.9 Å². The predicted octanol–water partition coefficient (Wildman–Crippen LogP) is 2.88. The first-order valence-corrected chi connectivity index (χ1v) is 6.86. The Morgan fingerprint density at radius 3 is 2.70 bits per heavy atom. The highest BCUT2D eigenvalue weighted by Crippen LogP contribution is 2.24. The molecule has 4 heteroatoms. The van der Waals surface area contributed by atoms with Crippen LogP contribution in [0.3, 0.4) is 0 Å². The largest absolute Gasteiger partial charge is 0.505 e. The first-order chi connectivity index (χ1) is 9.83. The maximum atomic E-state index is 5.98. The van der Waals surface area contributed by atoms with Crippen LogP contribution in [-0.2, 0) is 25.6 Å². The van der Waals surface area contributed by atoms with Crippen LogP contribution in [0.25, 0.3) is 0 Å². The Bertz CT molecular complexity index is 404. The molecule has 1 aromatic carbocycles. The number of hydrogen-bond acceptors (Lipinski definition) is 4. The maximum absolute atomic E-state index is 5.98. The van der Waals surface area contributed by atoms with Gasteiger partial charge in [0.1, 0.15) is 6.10 Å². The summed E-state index contributed by atoms with van der Waals surface area (Å²) in [6.07, 6.45) is 4.96. The van der Waals surface area contributed by atoms with Gasteiger partial charge in [-0.05, 0) is 18.1 Å². The van der Waals surface area contributed by atoms with Crippen molar-refractivity contribution in [2.45, 2.75) is 37.9 Å². The molecule has 4 nitrogen and oxygen atoms in total. The molecule has 0 bridgehead atoms. The van der Waals surface area contributed by atoms with Crippen molar-refractivity contribution in [1.82, 2.24) is 0 Å². The van der Waals surface area contributed by atoms with Gasteiger partial charge in [0.15, 0.2) is 6.29 Å². The van der Waals surface area contributed by atoms with Crippen molar-refractivity contribution >= 4 is 0 Å². The van der Waals surface area contributed by atoms with E-state index in [1.165, 1.54) is 0 Å². The van der Waals surface area contributed by atoms with E-state index in [1.54, 1.807) is 20.5 Å². The molecule has 1 aliphatic heterocycles. The maximum Gasteiger partial charge on any atom is 0.158 e. The lowest BCUT2D eigenvalue weighted by atomic mass is 10.0. The average molecular weight is 278 g/mol. The van der Waals surface area contributed by atoms with Crippen molar-refractivity contribution in [3.05, 3.63) is 48.2 Å². The van der Waals surface area contributed by atoms with Gasteiger partial charge in [-0.3, -0.25) is 0 Å². The Kier molecular flexibility index (Phi) is 6.05. The van der Waals surface area contributed by atoms with Gasteiger partial charge in [-0.15, -0.1) is 0 Å². The van der Waals surface area contributed by atoms with Crippen molar-refractivity contribution in [2.75, 3.05) is 14.2 Å². The minimum atomic E-state index is -0.168. The lowest BCUT2D eigenvalue weighted by Gasteiger charge is -2.34. The average Bonchev–Trinajstić information content (AvgIpc) is 2.52. The molecule has 110 valence electrons. The van der Waals surface area contributed by atoms with E-state index in [1.807, 2.05) is 24.3 Å². The minimum absolute atomic E-state index is 0.0213. The van der Waals surface area contributed by atoms with Gasteiger partial charge >= 0.3 is 0 Å². The second kappa shape index (κ2) is 8.04. The number of methoxy groups -OCH3 is 2. The van der Waals surface area contributed by atoms with E-state index in [9.17, 15) is 0 Å². The Morgan fingerprint density at radius 1 is 1.20 bits per heavy atom. The summed E-state index contributed by atoms with van der Waals surface area (Å²) >= 11 is 0. The smallest absolute Gasteiger partial charge is 0.158 e. The lowest BCUT2D eigenvalue weighted by Crippen LogP contribution is -2.40. The van der Waals surface area contributed by atoms with Crippen molar-refractivity contribution in [2.24, 2.45) is 0 Å². The molecule has 0 amide bonds. The van der Waals surface area contributed by atoms with E-state index >= 15 is 0 Å². The molecule has 1 aliphatic rings. The summed E-state index contributed by atoms with van der Waals surface area (Å²) in [7, 11) is 3.28. The van der Waals surface area contributed by atoms with Gasteiger partial charge in [0, 0.05) is 13.5 Å². The van der Waals surface area contributed by atoms with Gasteiger partial charge in [0.25, 0.3) is 0 Å². The second-order valence-electron chi connectivity index (χ2n) is 4.74. The van der Waals surface area contributed by atoms with Crippen LogP contribution >= 0.6 is 0 Å². The van der Waals surface area contributed by atoms with Gasteiger partial charge in [-0.2, -0.15) is 0 Å². The molecule has 1 heterocycles. The van der Waals surface area contributed by atoms with E-state index in [-0.39, 0.29) is 18.5 Å². The SMILES string of the molecule is CO/C=C/[C@H]1O[C@H](OC)CC[C@@H]1OCc1ccccc1. The highest BCUT2D eigenvalue weighted by molar-refractivity contribution is 5.13. The zero-order valence-electron chi connectivity index (χ0n) is 12.0. The van der Waals surface area contributed by atoms with Crippen LogP contribution in [0, 0.1) is 0 Å². The Labute approximate surface area is 120 Å². The fraction of sp³-hybridized carbons (Fsp3) is 0.500. The molecule has 0 aromatic heterocycles. The van der Waals surface area contributed by atoms with Crippen LogP contribution in [0.2, 0.25) is 0 Å². The number of benzene rings is 1. The van der Waals surface area contributed by atoms with Crippen LogP contribution < -0.4 is 0 Å². The standard InChI is InChI=1S/C16H22O4/c1-17-11-10-15-14(8-9-16(18-2)20-15)19-12-13-6-4-3-5-7-13/h3-7,10-11,14-16H,8-9,12H2,1-2H3/b11-10+/t14-,15+,16-/m0/s1. The number of ether oxygens (including phenoxy) is 4. The van der Waals surface area contributed by atoms with Gasteiger partial charge in [-0.1, -0.05) is 30.3 Å². The monoisotopic (exact) mass is 278 g/mol. The molecule has 3 atom stereocenters. The summed E-state index contributed by atoms with van der Waals surface area (Å²) in [4.78, 5) is 0. The summed E-state index contributed by atoms with van der Waals surface area (Å²) in [5.74, 6) is 0. The van der Waals surface area contributed by atoms with E-state index in [0.717, 1.165) is 18.4 Å². The topological polar surface area (TPSA) is 36.9 Å². The van der Waals surface area contributed by atoms with E-state index < -0.39 is 0 Å². The van der Waals surface area contributed by atoms with Gasteiger partial charge in [0.05, 0.1) is 26.1 Å². The third-order valence-electron chi connectivity index (χ3n) is 3.34. The van der Waals surface area contributed by atoms with Crippen molar-refractivity contribution in [1.29, 1.82) is 0 Å². The Hall–Kier alpha value is -1.36. The normalized spacial score (nSPS) is 26.8. The Balaban J connectivity index is 1.92. The molecule has 1 aromatic rings. The quantitative estimate of drug-likeness (QED) is 0.750. The highest BCUT2D eigenvalue weighted by atomic mass is 16.7. The fourth-order valence-corrected chi connectivity index (χ4v) is 2.25. The molecule has 0 spiro atoms. The molecule has 0 aliphatic carbocycles. The molecule has 20 heavy (non-hydrogen) atoms. The minimum Gasteiger partial charge on any atom is -0.505 e. The Morgan fingerprint density at radius 2 is 2.00 bits per heavy atom. The summed E-state index contributed by atoms with van der Waals surface area (Å²) in [6.45, 7) is 0.587. The van der Waals surface area contributed by atoms with Crippen molar-refractivity contribution in [3.8, 4) is 0 Å². The fourth-order valence-electron chi connectivity index (χ4n) is 2.25. The van der Waals surface area contributed by atoms with Gasteiger partial charge < -0.3 is 18.9 Å². The first-order valence-electron chi connectivity index (χ1n) is 6.86. The van der Waals surface area contributed by atoms with Crippen LogP contribution in [-0.4, -0.2) is 32.7 Å². The number of rotatable bonds is 6. The molecular formula is C16H22O4. The zero-order chi connectivity index (χ0) is 14.2. The summed E-state index contributed by atoms with van der Waals surface area (Å²) in [5, 5.41) is 0. The predicted molar refractivity (Wildman–Crippen MR) is 76.1 cm³/mol. The van der Waals surface area contributed by atoms with E-state index in [4.69, 9.17) is 18.9 Å². The van der Waals surface area contributed by atoms with Gasteiger partial charge in [0.2, 0.25) is 0 Å². The summed E-state index contributed by atoms with van der Waals surface area (Å²) < 4.78 is 22.0. The van der Waals surface area contributed by atoms with Crippen LogP contribution in [0.1, 0.15) is 18.4 Å².